The molecule has 1 rings (SSSR count). The van der Waals surface area contributed by atoms with Crippen LogP contribution in [-0.4, -0.2) is 21.6 Å². The summed E-state index contributed by atoms with van der Waals surface area (Å²) < 4.78 is 24.5. The molecule has 0 bridgehead atoms. The fourth-order valence-corrected chi connectivity index (χ4v) is 1.44. The van der Waals surface area contributed by atoms with E-state index >= 15 is 0 Å². The number of benzene rings is 1. The summed E-state index contributed by atoms with van der Waals surface area (Å²) in [5, 5.41) is 3.20. The van der Waals surface area contributed by atoms with Gasteiger partial charge in [0.05, 0.1) is 6.61 Å². The average Bonchev–Trinajstić information content (AvgIpc) is 2.24. The highest BCUT2D eigenvalue weighted by Gasteiger charge is 1.91. The Kier molecular flexibility index (Phi) is 5.99. The molecule has 0 fully saturated rings. The summed E-state index contributed by atoms with van der Waals surface area (Å²) in [5.74, 6) is 0. The summed E-state index contributed by atoms with van der Waals surface area (Å²) in [5.41, 5.74) is 1.22. The van der Waals surface area contributed by atoms with Gasteiger partial charge in [-0.15, -0.1) is 0 Å². The van der Waals surface area contributed by atoms with E-state index < -0.39 is 11.0 Å². The zero-order valence-electron chi connectivity index (χ0n) is 8.39. The van der Waals surface area contributed by atoms with E-state index in [0.717, 1.165) is 13.1 Å². The molecule has 0 atom stereocenters. The summed E-state index contributed by atoms with van der Waals surface area (Å²) >= 11 is 0. The van der Waals surface area contributed by atoms with Crippen LogP contribution in [0.15, 0.2) is 30.3 Å². The summed E-state index contributed by atoms with van der Waals surface area (Å²) in [4.78, 5) is 0. The maximum Gasteiger partial charge on any atom is 0.257 e. The van der Waals surface area contributed by atoms with E-state index in [1.54, 1.807) is 0 Å². The Labute approximate surface area is 91.4 Å². The summed E-state index contributed by atoms with van der Waals surface area (Å²) in [6.07, 6.45) is 0.691. The zero-order valence-corrected chi connectivity index (χ0v) is 9.28. The van der Waals surface area contributed by atoms with Crippen LogP contribution in [-0.2, 0) is 21.7 Å². The van der Waals surface area contributed by atoms with E-state index in [-0.39, 0.29) is 6.61 Å². The lowest BCUT2D eigenvalue weighted by Gasteiger charge is -2.03. The molecular weight excluding hydrogens is 214 g/mol. The van der Waals surface area contributed by atoms with E-state index in [1.165, 1.54) is 5.56 Å². The molecular formula is C10H15NO3S. The van der Waals surface area contributed by atoms with Crippen molar-refractivity contribution in [3.05, 3.63) is 35.9 Å². The van der Waals surface area contributed by atoms with Crippen molar-refractivity contribution >= 4 is 11.0 Å². The van der Waals surface area contributed by atoms with Gasteiger partial charge in [-0.05, 0) is 18.5 Å². The molecule has 0 aromatic heterocycles. The highest BCUT2D eigenvalue weighted by atomic mass is 32.2. The molecule has 0 radical (unpaired) electrons. The molecule has 0 unspecified atom stereocenters. The van der Waals surface area contributed by atoms with E-state index in [0.29, 0.717) is 6.42 Å². The summed E-state index contributed by atoms with van der Waals surface area (Å²) in [6, 6.07) is 10.0. The molecule has 0 aliphatic rings. The Hall–Kier alpha value is -0.910. The van der Waals surface area contributed by atoms with Crippen LogP contribution >= 0.6 is 0 Å². The first-order valence-electron chi connectivity index (χ1n) is 4.81. The van der Waals surface area contributed by atoms with Crippen molar-refractivity contribution < 1.29 is 12.6 Å². The van der Waals surface area contributed by atoms with Crippen LogP contribution < -0.4 is 5.32 Å². The van der Waals surface area contributed by atoms with Crippen LogP contribution in [0.4, 0.5) is 0 Å². The number of rotatable bonds is 7. The van der Waals surface area contributed by atoms with Gasteiger partial charge in [0, 0.05) is 6.54 Å². The Balaban J connectivity index is 2.02. The van der Waals surface area contributed by atoms with Crippen molar-refractivity contribution in [1.82, 2.24) is 5.32 Å². The fraction of sp³-hybridized carbons (Fsp3) is 0.400. The van der Waals surface area contributed by atoms with Gasteiger partial charge in [0.1, 0.15) is 0 Å². The molecule has 1 aromatic rings. The van der Waals surface area contributed by atoms with Gasteiger partial charge in [-0.3, -0.25) is 4.18 Å². The number of nitrogens with one attached hydrogen (secondary N) is 1. The standard InChI is InChI=1S/C10H15NO3S/c12-15(13)14-8-4-7-11-9-10-5-2-1-3-6-10/h1-3,5-6,11,15H,4,7-9H2. The molecule has 1 N–H and O–H groups in total. The topological polar surface area (TPSA) is 55.4 Å². The third-order valence-electron chi connectivity index (χ3n) is 1.87. The van der Waals surface area contributed by atoms with Crippen LogP contribution in [0.1, 0.15) is 12.0 Å². The van der Waals surface area contributed by atoms with E-state index in [9.17, 15) is 8.42 Å². The normalized spacial score (nSPS) is 10.7. The van der Waals surface area contributed by atoms with Gasteiger partial charge < -0.3 is 5.32 Å². The second-order valence-corrected chi connectivity index (χ2v) is 3.78. The Morgan fingerprint density at radius 1 is 1.20 bits per heavy atom. The van der Waals surface area contributed by atoms with Gasteiger partial charge in [-0.1, -0.05) is 30.3 Å². The zero-order chi connectivity index (χ0) is 10.9. The first-order chi connectivity index (χ1) is 7.29. The molecule has 0 amide bonds. The van der Waals surface area contributed by atoms with Crippen molar-refractivity contribution in [2.45, 2.75) is 13.0 Å². The minimum atomic E-state index is -2.69. The molecule has 0 heterocycles. The molecule has 0 aliphatic carbocycles. The minimum absolute atomic E-state index is 0.250. The monoisotopic (exact) mass is 229 g/mol. The quantitative estimate of drug-likeness (QED) is 0.534. The molecule has 4 nitrogen and oxygen atoms in total. The molecule has 5 heteroatoms. The lowest BCUT2D eigenvalue weighted by molar-refractivity contribution is 0.323. The second-order valence-electron chi connectivity index (χ2n) is 3.07. The van der Waals surface area contributed by atoms with Gasteiger partial charge in [-0.2, -0.15) is 0 Å². The predicted molar refractivity (Wildman–Crippen MR) is 59.0 cm³/mol. The second kappa shape index (κ2) is 7.39. The van der Waals surface area contributed by atoms with Crippen molar-refractivity contribution in [3.63, 3.8) is 0 Å². The molecule has 0 spiro atoms. The van der Waals surface area contributed by atoms with Crippen molar-refractivity contribution in [2.24, 2.45) is 0 Å². The van der Waals surface area contributed by atoms with Crippen LogP contribution in [0.25, 0.3) is 0 Å². The number of hydrogen-bond donors (Lipinski definition) is 2. The van der Waals surface area contributed by atoms with Crippen molar-refractivity contribution in [2.75, 3.05) is 13.2 Å². The summed E-state index contributed by atoms with van der Waals surface area (Å²) in [6.45, 7) is 1.79. The largest absolute Gasteiger partial charge is 0.313 e. The maximum absolute atomic E-state index is 10.0. The van der Waals surface area contributed by atoms with Crippen LogP contribution in [0.5, 0.6) is 0 Å². The van der Waals surface area contributed by atoms with Crippen molar-refractivity contribution in [3.8, 4) is 0 Å². The minimum Gasteiger partial charge on any atom is -0.313 e. The predicted octanol–water partition coefficient (Wildman–Crippen LogP) is 0.709. The number of hydrogen-bond acceptors (Lipinski definition) is 4. The first-order valence-corrected chi connectivity index (χ1v) is 5.90. The Bertz CT molecular complexity index is 330. The van der Waals surface area contributed by atoms with Crippen LogP contribution in [0.3, 0.4) is 0 Å². The Morgan fingerprint density at radius 3 is 2.60 bits per heavy atom. The fourth-order valence-electron chi connectivity index (χ4n) is 1.16. The third kappa shape index (κ3) is 6.22. The molecule has 15 heavy (non-hydrogen) atoms. The maximum atomic E-state index is 10.0. The summed E-state index contributed by atoms with van der Waals surface area (Å²) in [7, 11) is -2.69. The van der Waals surface area contributed by atoms with E-state index in [1.807, 2.05) is 30.3 Å². The number of thiol groups is 1. The smallest absolute Gasteiger partial charge is 0.257 e. The third-order valence-corrected chi connectivity index (χ3v) is 2.26. The van der Waals surface area contributed by atoms with Gasteiger partial charge in [-0.25, -0.2) is 8.42 Å². The van der Waals surface area contributed by atoms with Gasteiger partial charge >= 0.3 is 0 Å². The van der Waals surface area contributed by atoms with E-state index in [4.69, 9.17) is 0 Å². The lowest BCUT2D eigenvalue weighted by atomic mass is 10.2. The van der Waals surface area contributed by atoms with Gasteiger partial charge in [0.2, 0.25) is 0 Å². The highest BCUT2D eigenvalue weighted by Crippen LogP contribution is 1.96. The first kappa shape index (κ1) is 12.2. The van der Waals surface area contributed by atoms with Gasteiger partial charge in [0.25, 0.3) is 11.0 Å². The lowest BCUT2D eigenvalue weighted by Crippen LogP contribution is -2.16. The van der Waals surface area contributed by atoms with Gasteiger partial charge in [0.15, 0.2) is 0 Å². The van der Waals surface area contributed by atoms with Crippen molar-refractivity contribution in [1.29, 1.82) is 0 Å². The van der Waals surface area contributed by atoms with E-state index in [2.05, 4.69) is 9.50 Å². The highest BCUT2D eigenvalue weighted by molar-refractivity contribution is 7.67. The molecule has 84 valence electrons. The van der Waals surface area contributed by atoms with Crippen LogP contribution in [0.2, 0.25) is 0 Å². The molecule has 0 saturated carbocycles. The average molecular weight is 229 g/mol. The van der Waals surface area contributed by atoms with Crippen LogP contribution in [0, 0.1) is 0 Å². The molecule has 1 aromatic carbocycles. The molecule has 0 saturated heterocycles. The Morgan fingerprint density at radius 2 is 1.93 bits per heavy atom. The molecule has 0 aliphatic heterocycles. The SMILES string of the molecule is O=[SH](=O)OCCCNCc1ccccc1.